The Kier molecular flexibility index (Phi) is 4.80. The van der Waals surface area contributed by atoms with E-state index in [1.54, 1.807) is 11.3 Å². The fourth-order valence-corrected chi connectivity index (χ4v) is 4.31. The normalized spacial score (nSPS) is 14.4. The molecule has 4 heteroatoms. The summed E-state index contributed by atoms with van der Waals surface area (Å²) in [6, 6.07) is 6.44. The van der Waals surface area contributed by atoms with E-state index in [1.807, 2.05) is 36.3 Å². The van der Waals surface area contributed by atoms with Crippen molar-refractivity contribution in [3.05, 3.63) is 46.4 Å². The minimum absolute atomic E-state index is 0.181. The van der Waals surface area contributed by atoms with Gasteiger partial charge in [0.1, 0.15) is 0 Å². The van der Waals surface area contributed by atoms with Gasteiger partial charge in [0.2, 0.25) is 0 Å². The topological polar surface area (TPSA) is 38.9 Å². The smallest absolute Gasteiger partial charge is 0.0591 e. The van der Waals surface area contributed by atoms with Crippen molar-refractivity contribution < 1.29 is 0 Å². The molecule has 2 heterocycles. The summed E-state index contributed by atoms with van der Waals surface area (Å²) in [5.74, 6) is 0. The van der Waals surface area contributed by atoms with Crippen LogP contribution in [0.25, 0.3) is 0 Å². The van der Waals surface area contributed by atoms with Crippen LogP contribution in [0.15, 0.2) is 40.9 Å². The summed E-state index contributed by atoms with van der Waals surface area (Å²) in [5.41, 5.74) is 7.64. The van der Waals surface area contributed by atoms with Gasteiger partial charge in [-0.05, 0) is 42.5 Å². The van der Waals surface area contributed by atoms with E-state index in [2.05, 4.69) is 30.3 Å². The molecule has 0 amide bonds. The van der Waals surface area contributed by atoms with Crippen LogP contribution >= 0.6 is 23.1 Å². The van der Waals surface area contributed by atoms with Gasteiger partial charge in [0.05, 0.1) is 5.25 Å². The highest BCUT2D eigenvalue weighted by Gasteiger charge is 2.22. The first-order valence-electron chi connectivity index (χ1n) is 6.08. The van der Waals surface area contributed by atoms with E-state index in [9.17, 15) is 0 Å². The highest BCUT2D eigenvalue weighted by molar-refractivity contribution is 7.99. The zero-order valence-corrected chi connectivity index (χ0v) is 12.3. The van der Waals surface area contributed by atoms with E-state index >= 15 is 0 Å². The second-order valence-electron chi connectivity index (χ2n) is 4.26. The lowest BCUT2D eigenvalue weighted by Crippen LogP contribution is -2.25. The lowest BCUT2D eigenvalue weighted by Gasteiger charge is -2.22. The van der Waals surface area contributed by atoms with E-state index in [0.717, 1.165) is 6.42 Å². The maximum Gasteiger partial charge on any atom is 0.0591 e. The van der Waals surface area contributed by atoms with Crippen LogP contribution < -0.4 is 5.73 Å². The molecule has 2 nitrogen and oxygen atoms in total. The zero-order valence-electron chi connectivity index (χ0n) is 10.7. The molecule has 0 radical (unpaired) electrons. The Hall–Kier alpha value is -0.840. The number of pyridine rings is 1. The van der Waals surface area contributed by atoms with Gasteiger partial charge in [0.25, 0.3) is 0 Å². The van der Waals surface area contributed by atoms with Gasteiger partial charge in [-0.1, -0.05) is 6.92 Å². The predicted octanol–water partition coefficient (Wildman–Crippen LogP) is 4.02. The van der Waals surface area contributed by atoms with Crippen LogP contribution in [-0.4, -0.2) is 11.0 Å². The fourth-order valence-electron chi connectivity index (χ4n) is 1.79. The van der Waals surface area contributed by atoms with Crippen LogP contribution in [0.4, 0.5) is 0 Å². The number of hydrogen-bond acceptors (Lipinski definition) is 4. The molecule has 2 unspecified atom stereocenters. The molecule has 0 aliphatic rings. The van der Waals surface area contributed by atoms with Gasteiger partial charge < -0.3 is 5.73 Å². The molecule has 2 N–H and O–H groups in total. The zero-order chi connectivity index (χ0) is 13.0. The first-order valence-corrected chi connectivity index (χ1v) is 7.84. The van der Waals surface area contributed by atoms with E-state index in [1.165, 1.54) is 15.3 Å². The van der Waals surface area contributed by atoms with Gasteiger partial charge in [-0.2, -0.15) is 0 Å². The highest BCUT2D eigenvalue weighted by atomic mass is 32.2. The second kappa shape index (κ2) is 6.36. The Balaban J connectivity index is 2.24. The van der Waals surface area contributed by atoms with Gasteiger partial charge >= 0.3 is 0 Å². The molecule has 0 bridgehead atoms. The molecule has 96 valence electrons. The second-order valence-corrected chi connectivity index (χ2v) is 6.42. The average Bonchev–Trinajstić information content (AvgIpc) is 2.82. The molecule has 0 fully saturated rings. The van der Waals surface area contributed by atoms with Crippen molar-refractivity contribution in [3.8, 4) is 0 Å². The number of thiophene rings is 1. The predicted molar refractivity (Wildman–Crippen MR) is 80.2 cm³/mol. The molecule has 2 aromatic heterocycles. The van der Waals surface area contributed by atoms with E-state index in [4.69, 9.17) is 5.73 Å². The lowest BCUT2D eigenvalue weighted by atomic mass is 10.1. The summed E-state index contributed by atoms with van der Waals surface area (Å²) >= 11 is 3.64. The Bertz CT molecular complexity index is 482. The quantitative estimate of drug-likeness (QED) is 0.840. The third-order valence-corrected chi connectivity index (χ3v) is 5.57. The summed E-state index contributed by atoms with van der Waals surface area (Å²) in [7, 11) is 0. The maximum atomic E-state index is 6.30. The third kappa shape index (κ3) is 3.13. The summed E-state index contributed by atoms with van der Waals surface area (Å²) in [6.45, 7) is 4.31. The maximum absolute atomic E-state index is 6.30. The molecule has 0 saturated carbocycles. The third-order valence-electron chi connectivity index (χ3n) is 2.93. The van der Waals surface area contributed by atoms with Crippen LogP contribution in [0.3, 0.4) is 0 Å². The Labute approximate surface area is 117 Å². The molecule has 18 heavy (non-hydrogen) atoms. The number of hydrogen-bond donors (Lipinski definition) is 1. The molecule has 2 aromatic rings. The first-order chi connectivity index (χ1) is 8.72. The van der Waals surface area contributed by atoms with Gasteiger partial charge in [-0.25, -0.2) is 0 Å². The van der Waals surface area contributed by atoms with Crippen molar-refractivity contribution in [2.24, 2.45) is 5.73 Å². The largest absolute Gasteiger partial charge is 0.326 e. The SMILES string of the molecule is CCC(N)C(Sc1ccncc1)c1sccc1C. The minimum Gasteiger partial charge on any atom is -0.326 e. The van der Waals surface area contributed by atoms with Crippen LogP contribution in [0.5, 0.6) is 0 Å². The van der Waals surface area contributed by atoms with Crippen molar-refractivity contribution in [2.75, 3.05) is 0 Å². The van der Waals surface area contributed by atoms with Crippen molar-refractivity contribution in [1.29, 1.82) is 0 Å². The van der Waals surface area contributed by atoms with Crippen molar-refractivity contribution in [1.82, 2.24) is 4.98 Å². The molecule has 0 aliphatic heterocycles. The van der Waals surface area contributed by atoms with Crippen LogP contribution in [0, 0.1) is 6.92 Å². The van der Waals surface area contributed by atoms with Crippen molar-refractivity contribution in [3.63, 3.8) is 0 Å². The van der Waals surface area contributed by atoms with E-state index in [0.29, 0.717) is 5.25 Å². The van der Waals surface area contributed by atoms with Crippen LogP contribution in [0.2, 0.25) is 0 Å². The molecular formula is C14H18N2S2. The summed E-state index contributed by atoms with van der Waals surface area (Å²) < 4.78 is 0. The summed E-state index contributed by atoms with van der Waals surface area (Å²) in [5, 5.41) is 2.48. The lowest BCUT2D eigenvalue weighted by molar-refractivity contribution is 0.638. The Morgan fingerprint density at radius 2 is 2.06 bits per heavy atom. The number of rotatable bonds is 5. The number of nitrogens with two attached hydrogens (primary N) is 1. The Morgan fingerprint density at radius 1 is 1.33 bits per heavy atom. The van der Waals surface area contributed by atoms with Crippen LogP contribution in [-0.2, 0) is 0 Å². The van der Waals surface area contributed by atoms with Crippen molar-refractivity contribution >= 4 is 23.1 Å². The van der Waals surface area contributed by atoms with Crippen LogP contribution in [0.1, 0.15) is 29.0 Å². The standard InChI is InChI=1S/C14H18N2S2/c1-3-12(15)14(13-10(2)6-9-17-13)18-11-4-7-16-8-5-11/h4-9,12,14H,3,15H2,1-2H3. The number of aromatic nitrogens is 1. The Morgan fingerprint density at radius 3 is 2.61 bits per heavy atom. The number of nitrogens with zero attached hydrogens (tertiary/aromatic N) is 1. The summed E-state index contributed by atoms with van der Waals surface area (Å²) in [6.07, 6.45) is 4.65. The molecule has 0 aliphatic carbocycles. The minimum atomic E-state index is 0.181. The van der Waals surface area contributed by atoms with Gasteiger partial charge in [-0.3, -0.25) is 4.98 Å². The molecule has 0 aromatic carbocycles. The van der Waals surface area contributed by atoms with Gasteiger partial charge in [-0.15, -0.1) is 23.1 Å². The number of thioether (sulfide) groups is 1. The highest BCUT2D eigenvalue weighted by Crippen LogP contribution is 2.41. The van der Waals surface area contributed by atoms with Gasteiger partial charge in [0, 0.05) is 28.2 Å². The molecule has 2 rings (SSSR count). The first kappa shape index (κ1) is 13.6. The van der Waals surface area contributed by atoms with Crippen molar-refractivity contribution in [2.45, 2.75) is 36.5 Å². The molecule has 0 spiro atoms. The van der Waals surface area contributed by atoms with E-state index in [-0.39, 0.29) is 6.04 Å². The molecular weight excluding hydrogens is 260 g/mol. The fraction of sp³-hybridized carbons (Fsp3) is 0.357. The molecule has 2 atom stereocenters. The molecule has 0 saturated heterocycles. The summed E-state index contributed by atoms with van der Waals surface area (Å²) in [4.78, 5) is 6.68. The van der Waals surface area contributed by atoms with E-state index < -0.39 is 0 Å². The monoisotopic (exact) mass is 278 g/mol. The average molecular weight is 278 g/mol. The number of aryl methyl sites for hydroxylation is 1. The van der Waals surface area contributed by atoms with Gasteiger partial charge in [0.15, 0.2) is 0 Å².